The zero-order valence-corrected chi connectivity index (χ0v) is 22.8. The standard InChI is InChI=1S/C23H34N6O7S/c1-8-11-34-29-15-13-27(20(29)32)12-14-16(15)37-21(33)28(14)10-9-24-17(25-18(30)35-22(2,3)4)26-19(31)36-23(5,6)7/h8,15H,1,9-13H2,2-7H3,(H2,24,25,26,30,31). The van der Waals surface area contributed by atoms with E-state index in [1.807, 2.05) is 0 Å². The number of hydrogen-bond acceptors (Lipinski definition) is 8. The lowest BCUT2D eigenvalue weighted by Gasteiger charge is -2.23. The molecule has 1 atom stereocenters. The van der Waals surface area contributed by atoms with Crippen molar-refractivity contribution in [2.75, 3.05) is 19.7 Å². The first kappa shape index (κ1) is 28.2. The van der Waals surface area contributed by atoms with Crippen LogP contribution in [-0.2, 0) is 27.4 Å². The summed E-state index contributed by atoms with van der Waals surface area (Å²) in [6, 6.07) is -0.637. The lowest BCUT2D eigenvalue weighted by molar-refractivity contribution is -0.118. The first-order valence-electron chi connectivity index (χ1n) is 11.8. The van der Waals surface area contributed by atoms with Crippen LogP contribution in [0.25, 0.3) is 0 Å². The predicted molar refractivity (Wildman–Crippen MR) is 136 cm³/mol. The van der Waals surface area contributed by atoms with Gasteiger partial charge in [0.25, 0.3) is 0 Å². The third kappa shape index (κ3) is 7.32. The van der Waals surface area contributed by atoms with E-state index in [1.54, 1.807) is 57.1 Å². The van der Waals surface area contributed by atoms with Gasteiger partial charge in [0.05, 0.1) is 30.3 Å². The van der Waals surface area contributed by atoms with Gasteiger partial charge in [0.2, 0.25) is 5.96 Å². The zero-order valence-electron chi connectivity index (χ0n) is 22.0. The second-order valence-corrected chi connectivity index (χ2v) is 11.4. The highest BCUT2D eigenvalue weighted by molar-refractivity contribution is 7.09. The highest BCUT2D eigenvalue weighted by Crippen LogP contribution is 2.39. The Morgan fingerprint density at radius 3 is 2.46 bits per heavy atom. The molecule has 1 aromatic rings. The quantitative estimate of drug-likeness (QED) is 0.320. The van der Waals surface area contributed by atoms with Crippen molar-refractivity contribution < 1.29 is 28.7 Å². The van der Waals surface area contributed by atoms with Crippen molar-refractivity contribution in [3.8, 4) is 0 Å². The summed E-state index contributed by atoms with van der Waals surface area (Å²) in [6.07, 6.45) is -0.166. The number of carbonyl (C=O) groups excluding carboxylic acids is 3. The third-order valence-corrected chi connectivity index (χ3v) is 6.10. The van der Waals surface area contributed by atoms with E-state index in [1.165, 1.54) is 5.06 Å². The minimum Gasteiger partial charge on any atom is -0.444 e. The van der Waals surface area contributed by atoms with Crippen molar-refractivity contribution in [2.45, 2.75) is 71.9 Å². The minimum atomic E-state index is -0.904. The minimum absolute atomic E-state index is 0.135. The summed E-state index contributed by atoms with van der Waals surface area (Å²) < 4.78 is 12.0. The molecular weight excluding hydrogens is 504 g/mol. The molecule has 4 amide bonds. The van der Waals surface area contributed by atoms with Crippen LogP contribution in [0.2, 0.25) is 0 Å². The van der Waals surface area contributed by atoms with Gasteiger partial charge in [0.15, 0.2) is 0 Å². The summed E-state index contributed by atoms with van der Waals surface area (Å²) >= 11 is 1.07. The number of hydrogen-bond donors (Lipinski definition) is 2. The summed E-state index contributed by atoms with van der Waals surface area (Å²) in [7, 11) is 0. The van der Waals surface area contributed by atoms with Crippen LogP contribution in [0.15, 0.2) is 22.4 Å². The van der Waals surface area contributed by atoms with Crippen LogP contribution in [0, 0.1) is 0 Å². The van der Waals surface area contributed by atoms with Gasteiger partial charge in [-0.25, -0.2) is 14.4 Å². The molecule has 204 valence electrons. The molecular formula is C23H34N6O7S. The van der Waals surface area contributed by atoms with Gasteiger partial charge in [-0.3, -0.25) is 19.5 Å². The maximum atomic E-state index is 12.8. The summed E-state index contributed by atoms with van der Waals surface area (Å²) in [6.45, 7) is 15.0. The van der Waals surface area contributed by atoms with Gasteiger partial charge < -0.3 is 19.7 Å². The molecule has 0 aliphatic carbocycles. The van der Waals surface area contributed by atoms with E-state index in [0.717, 1.165) is 21.9 Å². The Labute approximate surface area is 219 Å². The normalized spacial score (nSPS) is 17.4. The average molecular weight is 539 g/mol. The molecule has 0 saturated carbocycles. The molecule has 2 aliphatic heterocycles. The highest BCUT2D eigenvalue weighted by atomic mass is 32.1. The van der Waals surface area contributed by atoms with Crippen LogP contribution < -0.4 is 15.5 Å². The molecule has 0 aromatic carbocycles. The average Bonchev–Trinajstić information content (AvgIpc) is 3.18. The van der Waals surface area contributed by atoms with Crippen LogP contribution in [0.4, 0.5) is 14.4 Å². The van der Waals surface area contributed by atoms with E-state index < -0.39 is 23.4 Å². The molecule has 2 bridgehead atoms. The molecule has 14 heteroatoms. The number of amides is 4. The van der Waals surface area contributed by atoms with E-state index in [0.29, 0.717) is 6.54 Å². The molecule has 37 heavy (non-hydrogen) atoms. The van der Waals surface area contributed by atoms with Gasteiger partial charge in [0.1, 0.15) is 17.2 Å². The molecule has 1 unspecified atom stereocenters. The summed E-state index contributed by atoms with van der Waals surface area (Å²) in [5.74, 6) is -0.177. The first-order valence-corrected chi connectivity index (χ1v) is 12.6. The number of aromatic nitrogens is 1. The van der Waals surface area contributed by atoms with Gasteiger partial charge in [-0.05, 0) is 41.5 Å². The lowest BCUT2D eigenvalue weighted by Crippen LogP contribution is -2.45. The molecule has 13 nitrogen and oxygen atoms in total. The number of nitrogens with one attached hydrogen (secondary N) is 2. The maximum absolute atomic E-state index is 12.8. The Morgan fingerprint density at radius 2 is 1.84 bits per heavy atom. The number of alkyl carbamates (subject to hydrolysis) is 1. The number of guanidine groups is 1. The lowest BCUT2D eigenvalue weighted by atomic mass is 10.1. The molecule has 0 spiro atoms. The van der Waals surface area contributed by atoms with E-state index in [2.05, 4.69) is 22.2 Å². The summed E-state index contributed by atoms with van der Waals surface area (Å²) in [5.41, 5.74) is -0.827. The van der Waals surface area contributed by atoms with Crippen LogP contribution >= 0.6 is 11.3 Å². The molecule has 1 fully saturated rings. The van der Waals surface area contributed by atoms with E-state index >= 15 is 0 Å². The van der Waals surface area contributed by atoms with Gasteiger partial charge >= 0.3 is 23.1 Å². The molecule has 3 heterocycles. The van der Waals surface area contributed by atoms with Crippen molar-refractivity contribution in [3.63, 3.8) is 0 Å². The third-order valence-electron chi connectivity index (χ3n) is 4.98. The van der Waals surface area contributed by atoms with Crippen molar-refractivity contribution >= 4 is 35.5 Å². The van der Waals surface area contributed by atoms with E-state index in [9.17, 15) is 19.2 Å². The smallest absolute Gasteiger partial charge is 0.437 e. The second kappa shape index (κ2) is 10.9. The number of carbonyl (C=O) groups is 3. The summed E-state index contributed by atoms with van der Waals surface area (Å²) in [5, 5.41) is 6.57. The van der Waals surface area contributed by atoms with E-state index in [-0.39, 0.29) is 49.1 Å². The van der Waals surface area contributed by atoms with Crippen LogP contribution in [-0.4, -0.2) is 69.6 Å². The molecule has 1 saturated heterocycles. The number of thiazole rings is 1. The zero-order chi connectivity index (χ0) is 27.5. The number of rotatable bonds is 6. The molecule has 2 aliphatic rings. The number of aliphatic imine (C=N–C) groups is 1. The number of nitrogens with zero attached hydrogens (tertiary/aromatic N) is 4. The van der Waals surface area contributed by atoms with Gasteiger partial charge in [-0.2, -0.15) is 5.06 Å². The molecule has 2 N–H and O–H groups in total. The van der Waals surface area contributed by atoms with Crippen molar-refractivity contribution in [3.05, 3.63) is 32.9 Å². The molecule has 1 aromatic heterocycles. The van der Waals surface area contributed by atoms with Gasteiger partial charge in [-0.15, -0.1) is 11.6 Å². The van der Waals surface area contributed by atoms with Crippen molar-refractivity contribution in [2.24, 2.45) is 4.99 Å². The Morgan fingerprint density at radius 1 is 1.16 bits per heavy atom. The first-order chi connectivity index (χ1) is 17.2. The fourth-order valence-corrected chi connectivity index (χ4v) is 4.79. The Hall–Kier alpha value is -3.39. The van der Waals surface area contributed by atoms with Crippen molar-refractivity contribution in [1.29, 1.82) is 0 Å². The predicted octanol–water partition coefficient (Wildman–Crippen LogP) is 2.73. The van der Waals surface area contributed by atoms with Crippen LogP contribution in [0.1, 0.15) is 58.2 Å². The number of hydroxylamine groups is 2. The Kier molecular flexibility index (Phi) is 8.32. The topological polar surface area (TPSA) is 144 Å². The monoisotopic (exact) mass is 538 g/mol. The molecule has 0 radical (unpaired) electrons. The largest absolute Gasteiger partial charge is 0.444 e. The Bertz CT molecular complexity index is 1140. The van der Waals surface area contributed by atoms with Gasteiger partial charge in [0, 0.05) is 13.1 Å². The van der Waals surface area contributed by atoms with Crippen LogP contribution in [0.3, 0.4) is 0 Å². The SMILES string of the molecule is C=CCON1C(=O)N2Cc3c(sc(=O)n3CCN/C(=N/C(=O)OC(C)(C)C)NC(=O)OC(C)(C)C)C1C2. The van der Waals surface area contributed by atoms with Gasteiger partial charge in [-0.1, -0.05) is 17.4 Å². The number of fused-ring (bicyclic) bond motifs is 4. The molecule has 3 rings (SSSR count). The number of ether oxygens (including phenoxy) is 2. The highest BCUT2D eigenvalue weighted by Gasteiger charge is 2.46. The van der Waals surface area contributed by atoms with E-state index in [4.69, 9.17) is 14.3 Å². The van der Waals surface area contributed by atoms with Crippen molar-refractivity contribution in [1.82, 2.24) is 25.2 Å². The number of urea groups is 1. The maximum Gasteiger partial charge on any atom is 0.437 e. The summed E-state index contributed by atoms with van der Waals surface area (Å²) in [4.78, 5) is 61.5. The second-order valence-electron chi connectivity index (χ2n) is 10.4. The Balaban J connectivity index is 1.73. The fraction of sp³-hybridized carbons (Fsp3) is 0.609. The van der Waals surface area contributed by atoms with Crippen LogP contribution in [0.5, 0.6) is 0 Å². The fourth-order valence-electron chi connectivity index (χ4n) is 3.69.